The third-order valence-electron chi connectivity index (χ3n) is 4.59. The topological polar surface area (TPSA) is 90.2 Å². The number of esters is 1. The third-order valence-corrected chi connectivity index (χ3v) is 4.59. The van der Waals surface area contributed by atoms with Crippen LogP contribution in [0.3, 0.4) is 0 Å². The van der Waals surface area contributed by atoms with E-state index in [1.54, 1.807) is 30.5 Å². The second kappa shape index (κ2) is 7.75. The molecule has 1 amide bonds. The molecule has 0 radical (unpaired) electrons. The molecule has 0 saturated carbocycles. The Hall–Kier alpha value is -3.68. The van der Waals surface area contributed by atoms with E-state index in [1.165, 1.54) is 15.4 Å². The summed E-state index contributed by atoms with van der Waals surface area (Å²) in [4.78, 5) is 42.4. The number of hydrogen-bond donors (Lipinski definition) is 0. The molecule has 29 heavy (non-hydrogen) atoms. The van der Waals surface area contributed by atoms with Gasteiger partial charge in [0, 0.05) is 18.8 Å². The number of ether oxygens (including phenoxy) is 2. The van der Waals surface area contributed by atoms with Crippen molar-refractivity contribution >= 4 is 23.2 Å². The van der Waals surface area contributed by atoms with E-state index in [9.17, 15) is 14.4 Å². The number of hydrogen-bond acceptors (Lipinski definition) is 6. The highest BCUT2D eigenvalue weighted by molar-refractivity contribution is 5.98. The summed E-state index contributed by atoms with van der Waals surface area (Å²) in [6.45, 7) is 1.91. The van der Waals surface area contributed by atoms with Gasteiger partial charge in [0.1, 0.15) is 18.0 Å². The monoisotopic (exact) mass is 393 g/mol. The fourth-order valence-corrected chi connectivity index (χ4v) is 3.16. The van der Waals surface area contributed by atoms with Crippen molar-refractivity contribution < 1.29 is 19.1 Å². The van der Waals surface area contributed by atoms with E-state index >= 15 is 0 Å². The predicted molar refractivity (Wildman–Crippen MR) is 105 cm³/mol. The molecule has 0 fully saturated rings. The molecule has 0 atom stereocenters. The van der Waals surface area contributed by atoms with Crippen LogP contribution in [-0.2, 0) is 20.9 Å². The van der Waals surface area contributed by atoms with E-state index in [0.717, 1.165) is 5.56 Å². The van der Waals surface area contributed by atoms with Crippen LogP contribution in [0.25, 0.3) is 5.65 Å². The Balaban J connectivity index is 1.39. The van der Waals surface area contributed by atoms with Crippen molar-refractivity contribution in [2.45, 2.75) is 20.0 Å². The van der Waals surface area contributed by atoms with Gasteiger partial charge in [0.2, 0.25) is 0 Å². The number of aromatic nitrogens is 2. The zero-order valence-corrected chi connectivity index (χ0v) is 15.8. The lowest BCUT2D eigenvalue weighted by Crippen LogP contribution is -2.40. The number of amides is 1. The highest BCUT2D eigenvalue weighted by Gasteiger charge is 2.25. The number of carbonyl (C=O) groups excluding carboxylic acids is 2. The molecule has 1 aliphatic rings. The lowest BCUT2D eigenvalue weighted by atomic mass is 10.2. The fraction of sp³-hybridized carbons (Fsp3) is 0.238. The molecule has 1 aromatic carbocycles. The Morgan fingerprint density at radius 1 is 1.21 bits per heavy atom. The van der Waals surface area contributed by atoms with E-state index in [0.29, 0.717) is 22.8 Å². The zero-order valence-electron chi connectivity index (χ0n) is 15.8. The SMILES string of the molecule is Cc1ccc2nc(COC(=O)CCN3C(=O)COc4ccccc43)cc(=O)n2c1. The first kappa shape index (κ1) is 18.7. The smallest absolute Gasteiger partial charge is 0.307 e. The molecule has 4 rings (SSSR count). The summed E-state index contributed by atoms with van der Waals surface area (Å²) >= 11 is 0. The first-order chi connectivity index (χ1) is 14.0. The molecule has 8 nitrogen and oxygen atoms in total. The van der Waals surface area contributed by atoms with Gasteiger partial charge in [-0.05, 0) is 30.7 Å². The Bertz CT molecular complexity index is 1150. The highest BCUT2D eigenvalue weighted by atomic mass is 16.5. The largest absolute Gasteiger partial charge is 0.482 e. The second-order valence-corrected chi connectivity index (χ2v) is 6.73. The molecule has 1 aliphatic heterocycles. The van der Waals surface area contributed by atoms with Gasteiger partial charge in [0.25, 0.3) is 11.5 Å². The molecule has 0 aliphatic carbocycles. The quantitative estimate of drug-likeness (QED) is 0.615. The Morgan fingerprint density at radius 2 is 2.03 bits per heavy atom. The van der Waals surface area contributed by atoms with Crippen LogP contribution in [0, 0.1) is 6.92 Å². The summed E-state index contributed by atoms with van der Waals surface area (Å²) in [5.74, 6) is -0.0831. The van der Waals surface area contributed by atoms with E-state index in [4.69, 9.17) is 9.47 Å². The number of anilines is 1. The summed E-state index contributed by atoms with van der Waals surface area (Å²) < 4.78 is 12.1. The molecule has 8 heteroatoms. The lowest BCUT2D eigenvalue weighted by molar-refractivity contribution is -0.144. The molecule has 3 aromatic rings. The molecule has 0 spiro atoms. The Labute approximate surface area is 166 Å². The number of benzene rings is 1. The molecule has 148 valence electrons. The van der Waals surface area contributed by atoms with Crippen molar-refractivity contribution in [3.05, 3.63) is 70.3 Å². The van der Waals surface area contributed by atoms with E-state index < -0.39 is 5.97 Å². The molecule has 2 aromatic heterocycles. The van der Waals surface area contributed by atoms with Crippen molar-refractivity contribution in [2.75, 3.05) is 18.1 Å². The maximum Gasteiger partial charge on any atom is 0.307 e. The van der Waals surface area contributed by atoms with Gasteiger partial charge in [-0.1, -0.05) is 18.2 Å². The summed E-state index contributed by atoms with van der Waals surface area (Å²) in [5.41, 5.74) is 2.21. The average molecular weight is 393 g/mol. The highest BCUT2D eigenvalue weighted by Crippen LogP contribution is 2.31. The lowest BCUT2D eigenvalue weighted by Gasteiger charge is -2.28. The van der Waals surface area contributed by atoms with Gasteiger partial charge < -0.3 is 14.4 Å². The van der Waals surface area contributed by atoms with Gasteiger partial charge in [-0.15, -0.1) is 0 Å². The van der Waals surface area contributed by atoms with Crippen molar-refractivity contribution in [2.24, 2.45) is 0 Å². The maximum atomic E-state index is 12.2. The number of rotatable bonds is 5. The van der Waals surface area contributed by atoms with Crippen molar-refractivity contribution in [1.29, 1.82) is 0 Å². The Morgan fingerprint density at radius 3 is 2.90 bits per heavy atom. The standard InChI is InChI=1S/C21H19N3O5/c1-14-6-7-18-22-15(10-19(25)24(18)11-14)12-29-21(27)8-9-23-16-4-2-3-5-17(16)28-13-20(23)26/h2-7,10-11H,8-9,12-13H2,1H3. The number of fused-ring (bicyclic) bond motifs is 2. The van der Waals surface area contributed by atoms with Crippen LogP contribution in [0.15, 0.2) is 53.5 Å². The molecule has 0 unspecified atom stereocenters. The fourth-order valence-electron chi connectivity index (χ4n) is 3.16. The second-order valence-electron chi connectivity index (χ2n) is 6.73. The van der Waals surface area contributed by atoms with Gasteiger partial charge in [-0.2, -0.15) is 0 Å². The van der Waals surface area contributed by atoms with E-state index in [-0.39, 0.29) is 37.6 Å². The van der Waals surface area contributed by atoms with Crippen LogP contribution < -0.4 is 15.2 Å². The van der Waals surface area contributed by atoms with Gasteiger partial charge in [-0.3, -0.25) is 18.8 Å². The molecular formula is C21H19N3O5. The van der Waals surface area contributed by atoms with Gasteiger partial charge >= 0.3 is 5.97 Å². The summed E-state index contributed by atoms with van der Waals surface area (Å²) in [6.07, 6.45) is 1.73. The molecule has 0 saturated heterocycles. The van der Waals surface area contributed by atoms with Gasteiger partial charge in [-0.25, -0.2) is 4.98 Å². The average Bonchev–Trinajstić information content (AvgIpc) is 2.72. The minimum absolute atomic E-state index is 0.0197. The predicted octanol–water partition coefficient (Wildman–Crippen LogP) is 1.86. The van der Waals surface area contributed by atoms with Crippen molar-refractivity contribution in [3.8, 4) is 5.75 Å². The first-order valence-electron chi connectivity index (χ1n) is 9.18. The van der Waals surface area contributed by atoms with Crippen LogP contribution >= 0.6 is 0 Å². The third kappa shape index (κ3) is 3.96. The van der Waals surface area contributed by atoms with Crippen LogP contribution in [0.2, 0.25) is 0 Å². The summed E-state index contributed by atoms with van der Waals surface area (Å²) in [5, 5.41) is 0. The summed E-state index contributed by atoms with van der Waals surface area (Å²) in [6, 6.07) is 12.1. The molecule has 0 bridgehead atoms. The molecule has 3 heterocycles. The number of para-hydroxylation sites is 2. The van der Waals surface area contributed by atoms with Crippen molar-refractivity contribution in [1.82, 2.24) is 9.38 Å². The number of aryl methyl sites for hydroxylation is 1. The Kier molecular flexibility index (Phi) is 4.99. The van der Waals surface area contributed by atoms with Gasteiger partial charge in [0.05, 0.1) is 17.8 Å². The first-order valence-corrected chi connectivity index (χ1v) is 9.18. The maximum absolute atomic E-state index is 12.2. The normalized spacial score (nSPS) is 13.1. The summed E-state index contributed by atoms with van der Waals surface area (Å²) in [7, 11) is 0. The van der Waals surface area contributed by atoms with Crippen LogP contribution in [0.4, 0.5) is 5.69 Å². The minimum Gasteiger partial charge on any atom is -0.482 e. The van der Waals surface area contributed by atoms with E-state index in [2.05, 4.69) is 4.98 Å². The molecular weight excluding hydrogens is 374 g/mol. The number of nitrogens with zero attached hydrogens (tertiary/aromatic N) is 3. The van der Waals surface area contributed by atoms with Gasteiger partial charge in [0.15, 0.2) is 6.61 Å². The van der Waals surface area contributed by atoms with E-state index in [1.807, 2.05) is 19.1 Å². The molecule has 0 N–H and O–H groups in total. The number of pyridine rings is 1. The minimum atomic E-state index is -0.479. The van der Waals surface area contributed by atoms with Crippen LogP contribution in [-0.4, -0.2) is 34.4 Å². The van der Waals surface area contributed by atoms with Crippen molar-refractivity contribution in [3.63, 3.8) is 0 Å². The van der Waals surface area contributed by atoms with Crippen LogP contribution in [0.1, 0.15) is 17.7 Å². The number of carbonyl (C=O) groups is 2. The zero-order chi connectivity index (χ0) is 20.4. The van der Waals surface area contributed by atoms with Crippen LogP contribution in [0.5, 0.6) is 5.75 Å².